The summed E-state index contributed by atoms with van der Waals surface area (Å²) in [6.07, 6.45) is 18.4. The van der Waals surface area contributed by atoms with Gasteiger partial charge >= 0.3 is 0 Å². The molecule has 0 aromatic rings. The van der Waals surface area contributed by atoms with E-state index in [0.29, 0.717) is 36.5 Å². The molecule has 4 aliphatic carbocycles. The van der Waals surface area contributed by atoms with Crippen molar-refractivity contribution in [3.05, 3.63) is 11.6 Å². The number of hydrogen-bond donors (Lipinski definition) is 2. The summed E-state index contributed by atoms with van der Waals surface area (Å²) in [6, 6.07) is 0. The van der Waals surface area contributed by atoms with Crippen LogP contribution in [-0.4, -0.2) is 21.4 Å². The van der Waals surface area contributed by atoms with Crippen molar-refractivity contribution < 1.29 is 10.2 Å². The van der Waals surface area contributed by atoms with E-state index in [9.17, 15) is 10.2 Å². The Morgan fingerprint density at radius 2 is 2.00 bits per heavy atom. The normalized spacial score (nSPS) is 51.7. The highest BCUT2D eigenvalue weighted by atomic mass is 16.3. The van der Waals surface area contributed by atoms with Gasteiger partial charge in [0.15, 0.2) is 0 Å². The van der Waals surface area contributed by atoms with Gasteiger partial charge in [0, 0.05) is 5.41 Å². The maximum atomic E-state index is 11.9. The van der Waals surface area contributed by atoms with Crippen LogP contribution in [0.5, 0.6) is 0 Å². The summed E-state index contributed by atoms with van der Waals surface area (Å²) >= 11 is 0. The molecule has 2 nitrogen and oxygen atoms in total. The van der Waals surface area contributed by atoms with E-state index in [4.69, 9.17) is 6.42 Å². The van der Waals surface area contributed by atoms with E-state index in [2.05, 4.69) is 25.8 Å². The van der Waals surface area contributed by atoms with Gasteiger partial charge in [-0.3, -0.25) is 0 Å². The minimum atomic E-state index is -1.04. The molecular weight excluding hydrogens is 308 g/mol. The molecular formula is C23H34O2. The molecule has 3 saturated carbocycles. The molecule has 0 bridgehead atoms. The lowest BCUT2D eigenvalue weighted by molar-refractivity contribution is -0.200. The Morgan fingerprint density at radius 3 is 2.68 bits per heavy atom. The molecule has 138 valence electrons. The van der Waals surface area contributed by atoms with E-state index in [1.54, 1.807) is 5.57 Å². The third-order valence-corrected chi connectivity index (χ3v) is 8.85. The second-order valence-electron chi connectivity index (χ2n) is 9.34. The lowest BCUT2D eigenvalue weighted by Gasteiger charge is -2.62. The summed E-state index contributed by atoms with van der Waals surface area (Å²) in [5.74, 6) is 4.69. The van der Waals surface area contributed by atoms with Gasteiger partial charge in [0.25, 0.3) is 0 Å². The first-order chi connectivity index (χ1) is 11.9. The lowest BCUT2D eigenvalue weighted by atomic mass is 9.44. The molecule has 2 N–H and O–H groups in total. The maximum absolute atomic E-state index is 11.9. The Balaban J connectivity index is 1.81. The van der Waals surface area contributed by atoms with Crippen molar-refractivity contribution in [2.75, 3.05) is 0 Å². The Morgan fingerprint density at radius 1 is 1.20 bits per heavy atom. The zero-order chi connectivity index (χ0) is 17.9. The van der Waals surface area contributed by atoms with E-state index in [1.165, 1.54) is 32.1 Å². The minimum Gasteiger partial charge on any atom is -0.390 e. The fourth-order valence-corrected chi connectivity index (χ4v) is 7.71. The molecule has 0 aliphatic heterocycles. The number of rotatable bonds is 2. The molecule has 4 aliphatic rings. The summed E-state index contributed by atoms with van der Waals surface area (Å²) in [7, 11) is 0. The van der Waals surface area contributed by atoms with Crippen LogP contribution < -0.4 is 0 Å². The smallest absolute Gasteiger partial charge is 0.131 e. The topological polar surface area (TPSA) is 40.5 Å². The Hall–Kier alpha value is -0.780. The second-order valence-corrected chi connectivity index (χ2v) is 9.34. The van der Waals surface area contributed by atoms with Gasteiger partial charge in [0.2, 0.25) is 0 Å². The van der Waals surface area contributed by atoms with Crippen molar-refractivity contribution >= 4 is 0 Å². The molecule has 0 aromatic heterocycles. The highest BCUT2D eigenvalue weighted by molar-refractivity contribution is 5.29. The van der Waals surface area contributed by atoms with E-state index < -0.39 is 11.2 Å². The van der Waals surface area contributed by atoms with Crippen LogP contribution >= 0.6 is 0 Å². The summed E-state index contributed by atoms with van der Waals surface area (Å²) in [5, 5.41) is 23.2. The molecule has 0 radical (unpaired) electrons. The summed E-state index contributed by atoms with van der Waals surface area (Å²) in [4.78, 5) is 0. The number of aliphatic hydroxyl groups is 2. The van der Waals surface area contributed by atoms with Crippen LogP contribution in [0.1, 0.15) is 78.1 Å². The first-order valence-corrected chi connectivity index (χ1v) is 10.6. The zero-order valence-electron chi connectivity index (χ0n) is 15.9. The molecule has 0 saturated heterocycles. The Kier molecular flexibility index (Phi) is 4.13. The quantitative estimate of drug-likeness (QED) is 0.575. The molecule has 7 atom stereocenters. The summed E-state index contributed by atoms with van der Waals surface area (Å²) in [6.45, 7) is 4.30. The second kappa shape index (κ2) is 5.86. The third-order valence-electron chi connectivity index (χ3n) is 8.85. The fraction of sp³-hybridized carbons (Fsp3) is 0.826. The van der Waals surface area contributed by atoms with E-state index in [0.717, 1.165) is 19.3 Å². The van der Waals surface area contributed by atoms with Crippen LogP contribution in [0.2, 0.25) is 0 Å². The van der Waals surface area contributed by atoms with Gasteiger partial charge < -0.3 is 10.2 Å². The van der Waals surface area contributed by atoms with Crippen molar-refractivity contribution in [2.24, 2.45) is 29.1 Å². The maximum Gasteiger partial charge on any atom is 0.131 e. The molecule has 0 amide bonds. The average molecular weight is 343 g/mol. The molecule has 5 unspecified atom stereocenters. The van der Waals surface area contributed by atoms with Crippen molar-refractivity contribution in [2.45, 2.75) is 89.3 Å². The van der Waals surface area contributed by atoms with E-state index in [-0.39, 0.29) is 5.41 Å². The highest BCUT2D eigenvalue weighted by Crippen LogP contribution is 2.68. The number of hydrogen-bond acceptors (Lipinski definition) is 2. The molecule has 0 heterocycles. The minimum absolute atomic E-state index is 0.302. The van der Waals surface area contributed by atoms with Crippen LogP contribution in [0.25, 0.3) is 0 Å². The standard InChI is InChI=1S/C23H34O2/c1-4-21-15-22(24,5-2)20-17-10-8-7-9-16(17)11-12-18(20)19(21)13-14-23(21,25)6-3/h3,9,17-20,24-25H,4-5,7-8,10-15H2,1-2H3/t17?,18?,19?,20?,21-,22?,23-/m0/s1. The molecule has 2 heteroatoms. The van der Waals surface area contributed by atoms with Crippen molar-refractivity contribution in [1.29, 1.82) is 0 Å². The Bertz CT molecular complexity index is 616. The van der Waals surface area contributed by atoms with Gasteiger partial charge in [0.05, 0.1) is 5.60 Å². The van der Waals surface area contributed by atoms with Gasteiger partial charge in [-0.2, -0.15) is 0 Å². The van der Waals surface area contributed by atoms with Gasteiger partial charge in [-0.15, -0.1) is 6.42 Å². The number of fused-ring (bicyclic) bond motifs is 5. The molecule has 0 spiro atoms. The van der Waals surface area contributed by atoms with Crippen LogP contribution in [0, 0.1) is 41.4 Å². The van der Waals surface area contributed by atoms with E-state index in [1.807, 2.05) is 0 Å². The van der Waals surface area contributed by atoms with Crippen LogP contribution in [0.4, 0.5) is 0 Å². The van der Waals surface area contributed by atoms with Crippen LogP contribution in [0.3, 0.4) is 0 Å². The van der Waals surface area contributed by atoms with Crippen molar-refractivity contribution in [3.63, 3.8) is 0 Å². The molecule has 0 aromatic carbocycles. The van der Waals surface area contributed by atoms with E-state index >= 15 is 0 Å². The Labute approximate surface area is 153 Å². The third kappa shape index (κ3) is 2.18. The van der Waals surface area contributed by atoms with Gasteiger partial charge in [-0.1, -0.05) is 31.4 Å². The lowest BCUT2D eigenvalue weighted by Crippen LogP contribution is -2.63. The zero-order valence-corrected chi connectivity index (χ0v) is 15.9. The summed E-state index contributed by atoms with van der Waals surface area (Å²) in [5.41, 5.74) is -0.408. The monoisotopic (exact) mass is 342 g/mol. The van der Waals surface area contributed by atoms with Crippen molar-refractivity contribution in [1.82, 2.24) is 0 Å². The predicted molar refractivity (Wildman–Crippen MR) is 101 cm³/mol. The van der Waals surface area contributed by atoms with Gasteiger partial charge in [0.1, 0.15) is 5.60 Å². The van der Waals surface area contributed by atoms with Gasteiger partial charge in [-0.05, 0) is 87.9 Å². The fourth-order valence-electron chi connectivity index (χ4n) is 7.71. The molecule has 3 fully saturated rings. The highest BCUT2D eigenvalue weighted by Gasteiger charge is 2.68. The molecule has 4 rings (SSSR count). The number of terminal acetylenes is 1. The van der Waals surface area contributed by atoms with Gasteiger partial charge in [-0.25, -0.2) is 0 Å². The van der Waals surface area contributed by atoms with Crippen LogP contribution in [0.15, 0.2) is 11.6 Å². The van der Waals surface area contributed by atoms with Crippen LogP contribution in [-0.2, 0) is 0 Å². The average Bonchev–Trinajstić information content (AvgIpc) is 2.94. The largest absolute Gasteiger partial charge is 0.390 e. The predicted octanol–water partition coefficient (Wildman–Crippen LogP) is 4.45. The first kappa shape index (κ1) is 17.6. The summed E-state index contributed by atoms with van der Waals surface area (Å²) < 4.78 is 0. The molecule has 25 heavy (non-hydrogen) atoms. The SMILES string of the molecule is C#C[C@]1(O)CCC2C3CCC4=CCCCC4C3C(O)(CC)C[C@@]21CC. The number of allylic oxidation sites excluding steroid dienone is 2. The first-order valence-electron chi connectivity index (χ1n) is 10.6. The van der Waals surface area contributed by atoms with Crippen molar-refractivity contribution in [3.8, 4) is 12.3 Å².